The molecule has 3 aromatic carbocycles. The van der Waals surface area contributed by atoms with Crippen LogP contribution in [0.3, 0.4) is 0 Å². The second-order valence-electron chi connectivity index (χ2n) is 7.46. The van der Waals surface area contributed by atoms with Gasteiger partial charge in [0, 0.05) is 24.3 Å². The highest BCUT2D eigenvalue weighted by atomic mass is 16.5. The van der Waals surface area contributed by atoms with E-state index in [1.807, 2.05) is 77.7 Å². The van der Waals surface area contributed by atoms with E-state index in [-0.39, 0.29) is 11.9 Å². The number of methoxy groups -OCH3 is 1. The van der Waals surface area contributed by atoms with E-state index in [9.17, 15) is 9.59 Å². The van der Waals surface area contributed by atoms with Crippen LogP contribution in [0.4, 0.5) is 16.2 Å². The standard InChI is InChI=1S/C25H25N3O3/c1-31-22-11-7-18(8-12-22)16-26-25(30)27-21-10-13-23-20(15-21)9-14-24(29)28(23)17-19-5-3-2-4-6-19/h2-8,10-13,15H,9,14,16-17H2,1H3,(H2,26,27,30). The van der Waals surface area contributed by atoms with Crippen LogP contribution in [-0.4, -0.2) is 19.0 Å². The van der Waals surface area contributed by atoms with Gasteiger partial charge in [-0.3, -0.25) is 4.79 Å². The van der Waals surface area contributed by atoms with Crippen LogP contribution in [0.25, 0.3) is 0 Å². The average Bonchev–Trinajstić information content (AvgIpc) is 2.80. The molecular weight excluding hydrogens is 390 g/mol. The molecule has 0 bridgehead atoms. The monoisotopic (exact) mass is 415 g/mol. The van der Waals surface area contributed by atoms with Crippen LogP contribution in [0, 0.1) is 0 Å². The van der Waals surface area contributed by atoms with Crippen LogP contribution in [-0.2, 0) is 24.3 Å². The molecule has 2 N–H and O–H groups in total. The number of amides is 3. The predicted octanol–water partition coefficient (Wildman–Crippen LogP) is 4.50. The van der Waals surface area contributed by atoms with Crippen molar-refractivity contribution in [2.45, 2.75) is 25.9 Å². The minimum Gasteiger partial charge on any atom is -0.497 e. The van der Waals surface area contributed by atoms with Crippen LogP contribution in [0.5, 0.6) is 5.75 Å². The third kappa shape index (κ3) is 5.04. The number of rotatable bonds is 6. The number of carbonyl (C=O) groups excluding carboxylic acids is 2. The summed E-state index contributed by atoms with van der Waals surface area (Å²) in [5, 5.41) is 5.74. The van der Waals surface area contributed by atoms with Crippen molar-refractivity contribution in [1.82, 2.24) is 5.32 Å². The first kappa shape index (κ1) is 20.5. The third-order valence-corrected chi connectivity index (χ3v) is 5.33. The minimum atomic E-state index is -0.274. The first-order chi connectivity index (χ1) is 15.1. The van der Waals surface area contributed by atoms with Crippen LogP contribution >= 0.6 is 0 Å². The lowest BCUT2D eigenvalue weighted by Gasteiger charge is -2.30. The molecule has 0 spiro atoms. The molecule has 0 atom stereocenters. The molecule has 0 radical (unpaired) electrons. The number of hydrogen-bond donors (Lipinski definition) is 2. The number of urea groups is 1. The lowest BCUT2D eigenvalue weighted by atomic mass is 9.99. The topological polar surface area (TPSA) is 70.7 Å². The first-order valence-corrected chi connectivity index (χ1v) is 10.3. The van der Waals surface area contributed by atoms with Crippen molar-refractivity contribution < 1.29 is 14.3 Å². The van der Waals surface area contributed by atoms with Crippen molar-refractivity contribution in [2.24, 2.45) is 0 Å². The third-order valence-electron chi connectivity index (χ3n) is 5.33. The summed E-state index contributed by atoms with van der Waals surface area (Å²) < 4.78 is 5.14. The van der Waals surface area contributed by atoms with Crippen LogP contribution < -0.4 is 20.3 Å². The molecule has 4 rings (SSSR count). The van der Waals surface area contributed by atoms with E-state index in [1.165, 1.54) is 0 Å². The number of hydrogen-bond acceptors (Lipinski definition) is 3. The molecule has 0 aromatic heterocycles. The molecule has 3 aromatic rings. The van der Waals surface area contributed by atoms with Gasteiger partial charge in [-0.05, 0) is 53.4 Å². The van der Waals surface area contributed by atoms with E-state index in [0.717, 1.165) is 28.1 Å². The maximum Gasteiger partial charge on any atom is 0.319 e. The zero-order valence-corrected chi connectivity index (χ0v) is 17.4. The second-order valence-corrected chi connectivity index (χ2v) is 7.46. The molecule has 1 heterocycles. The Hall–Kier alpha value is -3.80. The molecule has 0 fully saturated rings. The summed E-state index contributed by atoms with van der Waals surface area (Å²) in [5.74, 6) is 0.899. The Morgan fingerprint density at radius 3 is 2.48 bits per heavy atom. The molecule has 31 heavy (non-hydrogen) atoms. The molecule has 1 aliphatic heterocycles. The zero-order chi connectivity index (χ0) is 21.6. The number of carbonyl (C=O) groups is 2. The van der Waals surface area contributed by atoms with Gasteiger partial charge >= 0.3 is 6.03 Å². The lowest BCUT2D eigenvalue weighted by molar-refractivity contribution is -0.119. The molecule has 3 amide bonds. The van der Waals surface area contributed by atoms with Crippen molar-refractivity contribution in [2.75, 3.05) is 17.3 Å². The van der Waals surface area contributed by atoms with Gasteiger partial charge in [-0.15, -0.1) is 0 Å². The molecular formula is C25H25N3O3. The summed E-state index contributed by atoms with van der Waals surface area (Å²) in [4.78, 5) is 26.7. The van der Waals surface area contributed by atoms with Crippen molar-refractivity contribution >= 4 is 23.3 Å². The van der Waals surface area contributed by atoms with Crippen LogP contribution in [0.2, 0.25) is 0 Å². The SMILES string of the molecule is COc1ccc(CNC(=O)Nc2ccc3c(c2)CCC(=O)N3Cc2ccccc2)cc1. The van der Waals surface area contributed by atoms with E-state index in [1.54, 1.807) is 7.11 Å². The average molecular weight is 415 g/mol. The van der Waals surface area contributed by atoms with Gasteiger partial charge in [0.1, 0.15) is 5.75 Å². The zero-order valence-electron chi connectivity index (χ0n) is 17.4. The fraction of sp³-hybridized carbons (Fsp3) is 0.200. The largest absolute Gasteiger partial charge is 0.497 e. The fourth-order valence-electron chi connectivity index (χ4n) is 3.68. The molecule has 0 saturated heterocycles. The molecule has 0 aliphatic carbocycles. The quantitative estimate of drug-likeness (QED) is 0.623. The number of nitrogens with zero attached hydrogens (tertiary/aromatic N) is 1. The highest BCUT2D eigenvalue weighted by Crippen LogP contribution is 2.31. The molecule has 0 unspecified atom stereocenters. The van der Waals surface area contributed by atoms with Crippen molar-refractivity contribution in [1.29, 1.82) is 0 Å². The molecule has 1 aliphatic rings. The van der Waals surface area contributed by atoms with Gasteiger partial charge in [0.15, 0.2) is 0 Å². The van der Waals surface area contributed by atoms with E-state index < -0.39 is 0 Å². The summed E-state index contributed by atoms with van der Waals surface area (Å²) in [7, 11) is 1.62. The Morgan fingerprint density at radius 2 is 1.74 bits per heavy atom. The number of anilines is 2. The van der Waals surface area contributed by atoms with E-state index >= 15 is 0 Å². The smallest absolute Gasteiger partial charge is 0.319 e. The van der Waals surface area contributed by atoms with E-state index in [2.05, 4.69) is 10.6 Å². The normalized spacial score (nSPS) is 12.8. The Bertz CT molecular complexity index is 1070. The fourth-order valence-corrected chi connectivity index (χ4v) is 3.68. The van der Waals surface area contributed by atoms with Crippen LogP contribution in [0.15, 0.2) is 72.8 Å². The summed E-state index contributed by atoms with van der Waals surface area (Å²) in [6.07, 6.45) is 1.13. The minimum absolute atomic E-state index is 0.120. The van der Waals surface area contributed by atoms with Gasteiger partial charge in [0.25, 0.3) is 0 Å². The van der Waals surface area contributed by atoms with Gasteiger partial charge in [0.05, 0.1) is 13.7 Å². The maximum atomic E-state index is 12.5. The summed E-state index contributed by atoms with van der Waals surface area (Å²) in [6.45, 7) is 0.960. The van der Waals surface area contributed by atoms with Gasteiger partial charge in [-0.2, -0.15) is 0 Å². The van der Waals surface area contributed by atoms with Gasteiger partial charge < -0.3 is 20.3 Å². The number of benzene rings is 3. The number of fused-ring (bicyclic) bond motifs is 1. The summed E-state index contributed by atoms with van der Waals surface area (Å²) in [5.41, 5.74) is 4.74. The number of nitrogens with one attached hydrogen (secondary N) is 2. The molecule has 6 heteroatoms. The Balaban J connectivity index is 1.40. The Morgan fingerprint density at radius 1 is 0.968 bits per heavy atom. The van der Waals surface area contributed by atoms with Crippen molar-refractivity contribution in [3.05, 3.63) is 89.5 Å². The molecule has 158 valence electrons. The molecule has 6 nitrogen and oxygen atoms in total. The maximum absolute atomic E-state index is 12.5. The summed E-state index contributed by atoms with van der Waals surface area (Å²) >= 11 is 0. The molecule has 0 saturated carbocycles. The Kier molecular flexibility index (Phi) is 6.17. The van der Waals surface area contributed by atoms with Gasteiger partial charge in [-0.25, -0.2) is 4.79 Å². The Labute approximate surface area is 181 Å². The highest BCUT2D eigenvalue weighted by molar-refractivity contribution is 5.97. The number of ether oxygens (including phenoxy) is 1. The summed E-state index contributed by atoms with van der Waals surface area (Å²) in [6, 6.07) is 22.9. The highest BCUT2D eigenvalue weighted by Gasteiger charge is 2.24. The van der Waals surface area contributed by atoms with Crippen LogP contribution in [0.1, 0.15) is 23.1 Å². The lowest BCUT2D eigenvalue weighted by Crippen LogP contribution is -2.34. The first-order valence-electron chi connectivity index (χ1n) is 10.3. The van der Waals surface area contributed by atoms with Crippen molar-refractivity contribution in [3.8, 4) is 5.75 Å². The predicted molar refractivity (Wildman–Crippen MR) is 121 cm³/mol. The number of aryl methyl sites for hydroxylation is 1. The van der Waals surface area contributed by atoms with Crippen molar-refractivity contribution in [3.63, 3.8) is 0 Å². The van der Waals surface area contributed by atoms with E-state index in [4.69, 9.17) is 4.74 Å². The second kappa shape index (κ2) is 9.34. The van der Waals surface area contributed by atoms with Gasteiger partial charge in [-0.1, -0.05) is 42.5 Å². The van der Waals surface area contributed by atoms with E-state index in [0.29, 0.717) is 31.6 Å². The van der Waals surface area contributed by atoms with Gasteiger partial charge in [0.2, 0.25) is 5.91 Å².